The van der Waals surface area contributed by atoms with Gasteiger partial charge in [-0.25, -0.2) is 0 Å². The largest absolute Gasteiger partial charge is 0.383 e. The Kier molecular flexibility index (Phi) is 3.19. The highest BCUT2D eigenvalue weighted by Gasteiger charge is 2.05. The Labute approximate surface area is 72.6 Å². The molecule has 0 spiro atoms. The first-order valence-electron chi connectivity index (χ1n) is 3.92. The summed E-state index contributed by atoms with van der Waals surface area (Å²) in [4.78, 5) is 4.29. The smallest absolute Gasteiger partial charge is 0.0707 e. The molecule has 0 aliphatic rings. The minimum absolute atomic E-state index is 0.116. The molecular weight excluding hydrogens is 152 g/mol. The van der Waals surface area contributed by atoms with E-state index in [9.17, 15) is 0 Å². The summed E-state index contributed by atoms with van der Waals surface area (Å²) in [6.45, 7) is 2.46. The molecule has 1 heterocycles. The van der Waals surface area contributed by atoms with Gasteiger partial charge in [0.25, 0.3) is 0 Å². The number of nitrogens with two attached hydrogens (primary N) is 1. The molecule has 66 valence electrons. The van der Waals surface area contributed by atoms with Crippen LogP contribution in [0, 0.1) is 6.92 Å². The molecule has 0 aliphatic heterocycles. The Balaban J connectivity index is 2.73. The third-order valence-corrected chi connectivity index (χ3v) is 1.64. The zero-order valence-corrected chi connectivity index (χ0v) is 7.45. The van der Waals surface area contributed by atoms with Crippen molar-refractivity contribution in [3.8, 4) is 0 Å². The maximum atomic E-state index is 5.79. The molecule has 0 aliphatic carbocycles. The van der Waals surface area contributed by atoms with E-state index in [1.165, 1.54) is 0 Å². The molecule has 0 bridgehead atoms. The van der Waals surface area contributed by atoms with Crippen molar-refractivity contribution in [2.45, 2.75) is 13.0 Å². The first kappa shape index (κ1) is 9.16. The molecule has 1 rings (SSSR count). The normalized spacial score (nSPS) is 12.9. The second-order valence-electron chi connectivity index (χ2n) is 2.77. The van der Waals surface area contributed by atoms with E-state index in [1.807, 2.05) is 25.1 Å². The van der Waals surface area contributed by atoms with E-state index in [-0.39, 0.29) is 6.04 Å². The van der Waals surface area contributed by atoms with Crippen LogP contribution < -0.4 is 5.73 Å². The summed E-state index contributed by atoms with van der Waals surface area (Å²) in [5.74, 6) is 0. The van der Waals surface area contributed by atoms with Gasteiger partial charge in [0.1, 0.15) is 0 Å². The van der Waals surface area contributed by atoms with E-state index in [0.717, 1.165) is 11.4 Å². The molecular formula is C9H14N2O. The van der Waals surface area contributed by atoms with Gasteiger partial charge in [0, 0.05) is 12.8 Å². The van der Waals surface area contributed by atoms with Crippen molar-refractivity contribution in [1.82, 2.24) is 4.98 Å². The Morgan fingerprint density at radius 2 is 2.33 bits per heavy atom. The van der Waals surface area contributed by atoms with Gasteiger partial charge in [-0.15, -0.1) is 0 Å². The molecule has 1 atom stereocenters. The predicted molar refractivity (Wildman–Crippen MR) is 47.8 cm³/mol. The lowest BCUT2D eigenvalue weighted by molar-refractivity contribution is 0.179. The number of hydrogen-bond acceptors (Lipinski definition) is 3. The molecule has 0 amide bonds. The summed E-state index contributed by atoms with van der Waals surface area (Å²) >= 11 is 0. The van der Waals surface area contributed by atoms with Gasteiger partial charge in [-0.3, -0.25) is 4.98 Å². The van der Waals surface area contributed by atoms with Crippen molar-refractivity contribution in [3.05, 3.63) is 29.6 Å². The average Bonchev–Trinajstić information content (AvgIpc) is 2.05. The zero-order chi connectivity index (χ0) is 8.97. The van der Waals surface area contributed by atoms with E-state index in [1.54, 1.807) is 7.11 Å². The predicted octanol–water partition coefficient (Wildman–Crippen LogP) is 1.04. The maximum absolute atomic E-state index is 5.79. The van der Waals surface area contributed by atoms with Gasteiger partial charge in [0.15, 0.2) is 0 Å². The highest BCUT2D eigenvalue weighted by atomic mass is 16.5. The van der Waals surface area contributed by atoms with Crippen LogP contribution in [0.3, 0.4) is 0 Å². The van der Waals surface area contributed by atoms with E-state index in [0.29, 0.717) is 6.61 Å². The van der Waals surface area contributed by atoms with Crippen LogP contribution in [0.25, 0.3) is 0 Å². The SMILES string of the molecule is COCC(N)c1cccc(C)n1. The third-order valence-electron chi connectivity index (χ3n) is 1.64. The van der Waals surface area contributed by atoms with Crippen LogP contribution in [0.15, 0.2) is 18.2 Å². The van der Waals surface area contributed by atoms with E-state index in [2.05, 4.69) is 4.98 Å². The summed E-state index contributed by atoms with van der Waals surface area (Å²) < 4.78 is 4.93. The molecule has 0 aromatic carbocycles. The van der Waals surface area contributed by atoms with Gasteiger partial charge < -0.3 is 10.5 Å². The number of aromatic nitrogens is 1. The summed E-state index contributed by atoms with van der Waals surface area (Å²) in [5.41, 5.74) is 7.66. The summed E-state index contributed by atoms with van der Waals surface area (Å²) in [5, 5.41) is 0. The van der Waals surface area contributed by atoms with Gasteiger partial charge in [-0.2, -0.15) is 0 Å². The molecule has 0 saturated carbocycles. The van der Waals surface area contributed by atoms with Crippen molar-refractivity contribution in [3.63, 3.8) is 0 Å². The van der Waals surface area contributed by atoms with E-state index < -0.39 is 0 Å². The van der Waals surface area contributed by atoms with E-state index in [4.69, 9.17) is 10.5 Å². The molecule has 3 nitrogen and oxygen atoms in total. The summed E-state index contributed by atoms with van der Waals surface area (Å²) in [6.07, 6.45) is 0. The second kappa shape index (κ2) is 4.18. The Morgan fingerprint density at radius 1 is 1.58 bits per heavy atom. The number of methoxy groups -OCH3 is 1. The van der Waals surface area contributed by atoms with Crippen molar-refractivity contribution in [2.24, 2.45) is 5.73 Å². The van der Waals surface area contributed by atoms with Crippen molar-refractivity contribution in [1.29, 1.82) is 0 Å². The van der Waals surface area contributed by atoms with Crippen LogP contribution in [0.4, 0.5) is 0 Å². The standard InChI is InChI=1S/C9H14N2O/c1-7-4-3-5-9(11-7)8(10)6-12-2/h3-5,8H,6,10H2,1-2H3. The minimum Gasteiger partial charge on any atom is -0.383 e. The zero-order valence-electron chi connectivity index (χ0n) is 7.45. The fourth-order valence-corrected chi connectivity index (χ4v) is 1.04. The molecule has 1 aromatic rings. The monoisotopic (exact) mass is 166 g/mol. The van der Waals surface area contributed by atoms with Crippen LogP contribution in [-0.2, 0) is 4.74 Å². The van der Waals surface area contributed by atoms with Crippen LogP contribution >= 0.6 is 0 Å². The van der Waals surface area contributed by atoms with Gasteiger partial charge in [0.2, 0.25) is 0 Å². The number of rotatable bonds is 3. The molecule has 0 fully saturated rings. The minimum atomic E-state index is -0.116. The number of aryl methyl sites for hydroxylation is 1. The Morgan fingerprint density at radius 3 is 2.92 bits per heavy atom. The van der Waals surface area contributed by atoms with Gasteiger partial charge in [0.05, 0.1) is 18.3 Å². The Bertz CT molecular complexity index is 250. The Hall–Kier alpha value is -0.930. The molecule has 1 unspecified atom stereocenters. The third kappa shape index (κ3) is 2.29. The molecule has 1 aromatic heterocycles. The van der Waals surface area contributed by atoms with Crippen LogP contribution in [0.5, 0.6) is 0 Å². The van der Waals surface area contributed by atoms with Crippen LogP contribution in [0.1, 0.15) is 17.4 Å². The molecule has 12 heavy (non-hydrogen) atoms. The second-order valence-corrected chi connectivity index (χ2v) is 2.77. The quantitative estimate of drug-likeness (QED) is 0.729. The van der Waals surface area contributed by atoms with Gasteiger partial charge in [-0.1, -0.05) is 6.07 Å². The molecule has 0 radical (unpaired) electrons. The number of ether oxygens (including phenoxy) is 1. The van der Waals surface area contributed by atoms with Gasteiger partial charge in [-0.05, 0) is 19.1 Å². The van der Waals surface area contributed by atoms with Crippen molar-refractivity contribution < 1.29 is 4.74 Å². The first-order valence-corrected chi connectivity index (χ1v) is 3.92. The lowest BCUT2D eigenvalue weighted by Gasteiger charge is -2.09. The lowest BCUT2D eigenvalue weighted by Crippen LogP contribution is -2.17. The maximum Gasteiger partial charge on any atom is 0.0707 e. The number of pyridine rings is 1. The van der Waals surface area contributed by atoms with Crippen molar-refractivity contribution >= 4 is 0 Å². The fourth-order valence-electron chi connectivity index (χ4n) is 1.04. The molecule has 2 N–H and O–H groups in total. The van der Waals surface area contributed by atoms with Crippen molar-refractivity contribution in [2.75, 3.05) is 13.7 Å². The number of nitrogens with zero attached hydrogens (tertiary/aromatic N) is 1. The molecule has 3 heteroatoms. The highest BCUT2D eigenvalue weighted by Crippen LogP contribution is 2.07. The van der Waals surface area contributed by atoms with Crippen LogP contribution in [-0.4, -0.2) is 18.7 Å². The first-order chi connectivity index (χ1) is 5.74. The average molecular weight is 166 g/mol. The van der Waals surface area contributed by atoms with Gasteiger partial charge >= 0.3 is 0 Å². The fraction of sp³-hybridized carbons (Fsp3) is 0.444. The lowest BCUT2D eigenvalue weighted by atomic mass is 10.2. The summed E-state index contributed by atoms with van der Waals surface area (Å²) in [6, 6.07) is 5.70. The molecule has 0 saturated heterocycles. The van der Waals surface area contributed by atoms with E-state index >= 15 is 0 Å². The topological polar surface area (TPSA) is 48.1 Å². The highest BCUT2D eigenvalue weighted by molar-refractivity contribution is 5.12. The van der Waals surface area contributed by atoms with Crippen LogP contribution in [0.2, 0.25) is 0 Å². The summed E-state index contributed by atoms with van der Waals surface area (Å²) in [7, 11) is 1.63. The number of hydrogen-bond donors (Lipinski definition) is 1.